The van der Waals surface area contributed by atoms with E-state index in [1.165, 1.54) is 11.1 Å². The second-order valence-electron chi connectivity index (χ2n) is 6.85. The summed E-state index contributed by atoms with van der Waals surface area (Å²) in [6, 6.07) is 14.4. The van der Waals surface area contributed by atoms with Crippen molar-refractivity contribution in [2.75, 3.05) is 34.0 Å². The topological polar surface area (TPSA) is 46.2 Å². The molecule has 0 aliphatic carbocycles. The summed E-state index contributed by atoms with van der Waals surface area (Å²) in [5, 5.41) is 0. The van der Waals surface area contributed by atoms with Gasteiger partial charge in [-0.1, -0.05) is 18.2 Å². The van der Waals surface area contributed by atoms with Gasteiger partial charge in [0.1, 0.15) is 5.75 Å². The number of ether oxygens (including phenoxy) is 5. The molecular weight excluding hydrogens is 356 g/mol. The SMILES string of the molecule is COc1ccc(CCCc2cccc(OCCC3OCCCO3)c2)cc1OC. The first-order valence-corrected chi connectivity index (χ1v) is 9.94. The lowest BCUT2D eigenvalue weighted by molar-refractivity contribution is -0.183. The minimum absolute atomic E-state index is 0.126. The monoisotopic (exact) mass is 386 g/mol. The molecule has 2 aromatic carbocycles. The second-order valence-corrected chi connectivity index (χ2v) is 6.85. The Balaban J connectivity index is 1.44. The van der Waals surface area contributed by atoms with Gasteiger partial charge < -0.3 is 23.7 Å². The molecule has 1 aliphatic rings. The standard InChI is InChI=1S/C23H30O5/c1-24-21-11-10-19(17-22(21)25-2)7-3-6-18-8-4-9-20(16-18)26-15-12-23-27-13-5-14-28-23/h4,8-11,16-17,23H,3,5-7,12-15H2,1-2H3. The van der Waals surface area contributed by atoms with Crippen LogP contribution in [-0.4, -0.2) is 40.3 Å². The van der Waals surface area contributed by atoms with Crippen LogP contribution in [0.4, 0.5) is 0 Å². The fourth-order valence-corrected chi connectivity index (χ4v) is 3.30. The van der Waals surface area contributed by atoms with E-state index in [4.69, 9.17) is 23.7 Å². The maximum absolute atomic E-state index is 5.88. The Hall–Kier alpha value is -2.24. The number of aryl methyl sites for hydroxylation is 2. The quantitative estimate of drug-likeness (QED) is 0.605. The minimum Gasteiger partial charge on any atom is -0.493 e. The zero-order chi connectivity index (χ0) is 19.6. The van der Waals surface area contributed by atoms with E-state index in [0.29, 0.717) is 6.61 Å². The van der Waals surface area contributed by atoms with Crippen LogP contribution in [-0.2, 0) is 22.3 Å². The van der Waals surface area contributed by atoms with Crippen molar-refractivity contribution in [3.05, 3.63) is 53.6 Å². The number of rotatable bonds is 10. The van der Waals surface area contributed by atoms with Crippen LogP contribution in [0, 0.1) is 0 Å². The van der Waals surface area contributed by atoms with E-state index >= 15 is 0 Å². The lowest BCUT2D eigenvalue weighted by Crippen LogP contribution is -2.26. The zero-order valence-electron chi connectivity index (χ0n) is 16.8. The molecule has 5 heteroatoms. The zero-order valence-corrected chi connectivity index (χ0v) is 16.8. The molecule has 152 valence electrons. The van der Waals surface area contributed by atoms with Crippen LogP contribution in [0.25, 0.3) is 0 Å². The first-order valence-electron chi connectivity index (χ1n) is 9.94. The smallest absolute Gasteiger partial charge is 0.160 e. The molecule has 0 saturated carbocycles. The predicted molar refractivity (Wildman–Crippen MR) is 108 cm³/mol. The third-order valence-electron chi connectivity index (χ3n) is 4.80. The van der Waals surface area contributed by atoms with Crippen LogP contribution < -0.4 is 14.2 Å². The minimum atomic E-state index is -0.126. The molecule has 3 rings (SSSR count). The first kappa shape index (κ1) is 20.5. The van der Waals surface area contributed by atoms with Gasteiger partial charge in [-0.25, -0.2) is 0 Å². The summed E-state index contributed by atoms with van der Waals surface area (Å²) < 4.78 is 27.6. The highest BCUT2D eigenvalue weighted by Gasteiger charge is 2.13. The molecule has 28 heavy (non-hydrogen) atoms. The van der Waals surface area contributed by atoms with Gasteiger partial charge in [-0.2, -0.15) is 0 Å². The van der Waals surface area contributed by atoms with Crippen molar-refractivity contribution in [3.8, 4) is 17.2 Å². The van der Waals surface area contributed by atoms with Crippen molar-refractivity contribution in [2.24, 2.45) is 0 Å². The van der Waals surface area contributed by atoms with E-state index in [0.717, 1.165) is 62.6 Å². The van der Waals surface area contributed by atoms with Crippen molar-refractivity contribution in [2.45, 2.75) is 38.4 Å². The molecule has 1 aliphatic heterocycles. The normalized spacial score (nSPS) is 14.6. The van der Waals surface area contributed by atoms with Gasteiger partial charge in [0.25, 0.3) is 0 Å². The molecular formula is C23H30O5. The molecule has 2 aromatic rings. The Morgan fingerprint density at radius 2 is 1.64 bits per heavy atom. The fraction of sp³-hybridized carbons (Fsp3) is 0.478. The van der Waals surface area contributed by atoms with E-state index in [9.17, 15) is 0 Å². The van der Waals surface area contributed by atoms with Crippen LogP contribution >= 0.6 is 0 Å². The van der Waals surface area contributed by atoms with Gasteiger partial charge in [0, 0.05) is 6.42 Å². The summed E-state index contributed by atoms with van der Waals surface area (Å²) in [6.07, 6.45) is 4.65. The summed E-state index contributed by atoms with van der Waals surface area (Å²) in [5.74, 6) is 2.45. The Morgan fingerprint density at radius 1 is 0.893 bits per heavy atom. The van der Waals surface area contributed by atoms with Crippen LogP contribution in [0.1, 0.15) is 30.4 Å². The number of hydrogen-bond acceptors (Lipinski definition) is 5. The van der Waals surface area contributed by atoms with Gasteiger partial charge >= 0.3 is 0 Å². The maximum atomic E-state index is 5.88. The predicted octanol–water partition coefficient (Wildman–Crippen LogP) is 4.41. The van der Waals surface area contributed by atoms with E-state index in [1.54, 1.807) is 14.2 Å². The number of methoxy groups -OCH3 is 2. The van der Waals surface area contributed by atoms with Crippen LogP contribution in [0.15, 0.2) is 42.5 Å². The van der Waals surface area contributed by atoms with Crippen molar-refractivity contribution in [3.63, 3.8) is 0 Å². The Kier molecular flexibility index (Phi) is 8.00. The van der Waals surface area contributed by atoms with E-state index in [-0.39, 0.29) is 6.29 Å². The lowest BCUT2D eigenvalue weighted by atomic mass is 10.0. The Morgan fingerprint density at radius 3 is 2.39 bits per heavy atom. The van der Waals surface area contributed by atoms with Crippen LogP contribution in [0.3, 0.4) is 0 Å². The maximum Gasteiger partial charge on any atom is 0.160 e. The lowest BCUT2D eigenvalue weighted by Gasteiger charge is -2.23. The molecule has 1 heterocycles. The highest BCUT2D eigenvalue weighted by atomic mass is 16.7. The van der Waals surface area contributed by atoms with Gasteiger partial charge in [0.15, 0.2) is 17.8 Å². The average molecular weight is 386 g/mol. The summed E-state index contributed by atoms with van der Waals surface area (Å²) in [4.78, 5) is 0. The van der Waals surface area contributed by atoms with E-state index < -0.39 is 0 Å². The van der Waals surface area contributed by atoms with E-state index in [2.05, 4.69) is 24.3 Å². The summed E-state index contributed by atoms with van der Waals surface area (Å²) >= 11 is 0. The summed E-state index contributed by atoms with van der Waals surface area (Å²) in [5.41, 5.74) is 2.53. The van der Waals surface area contributed by atoms with Crippen molar-refractivity contribution in [1.29, 1.82) is 0 Å². The van der Waals surface area contributed by atoms with Gasteiger partial charge in [0.2, 0.25) is 0 Å². The number of hydrogen-bond donors (Lipinski definition) is 0. The molecule has 0 aromatic heterocycles. The van der Waals surface area contributed by atoms with Gasteiger partial charge in [-0.05, 0) is 61.1 Å². The van der Waals surface area contributed by atoms with Crippen molar-refractivity contribution in [1.82, 2.24) is 0 Å². The Labute approximate surface area is 167 Å². The summed E-state index contributed by atoms with van der Waals surface area (Å²) in [6.45, 7) is 2.15. The molecule has 1 fully saturated rings. The van der Waals surface area contributed by atoms with Gasteiger partial charge in [-0.3, -0.25) is 0 Å². The fourth-order valence-electron chi connectivity index (χ4n) is 3.30. The number of benzene rings is 2. The molecule has 0 spiro atoms. The molecule has 0 atom stereocenters. The van der Waals surface area contributed by atoms with E-state index in [1.807, 2.05) is 18.2 Å². The van der Waals surface area contributed by atoms with Crippen LogP contribution in [0.5, 0.6) is 17.2 Å². The molecule has 0 amide bonds. The third-order valence-corrected chi connectivity index (χ3v) is 4.80. The summed E-state index contributed by atoms with van der Waals surface area (Å²) in [7, 11) is 3.32. The second kappa shape index (κ2) is 10.9. The van der Waals surface area contributed by atoms with Crippen molar-refractivity contribution >= 4 is 0 Å². The van der Waals surface area contributed by atoms with Gasteiger partial charge in [0.05, 0.1) is 34.0 Å². The molecule has 0 unspecified atom stereocenters. The largest absolute Gasteiger partial charge is 0.493 e. The molecule has 0 bridgehead atoms. The Bertz CT molecular complexity index is 725. The first-order chi connectivity index (χ1) is 13.8. The van der Waals surface area contributed by atoms with Crippen molar-refractivity contribution < 1.29 is 23.7 Å². The molecule has 5 nitrogen and oxygen atoms in total. The third kappa shape index (κ3) is 6.14. The molecule has 0 N–H and O–H groups in total. The molecule has 1 saturated heterocycles. The average Bonchev–Trinajstić information content (AvgIpc) is 2.75. The van der Waals surface area contributed by atoms with Gasteiger partial charge in [-0.15, -0.1) is 0 Å². The highest BCUT2D eigenvalue weighted by molar-refractivity contribution is 5.43. The molecule has 0 radical (unpaired) electrons. The van der Waals surface area contributed by atoms with Crippen LogP contribution in [0.2, 0.25) is 0 Å². The highest BCUT2D eigenvalue weighted by Crippen LogP contribution is 2.28.